The van der Waals surface area contributed by atoms with Gasteiger partial charge >= 0.3 is 0 Å². The van der Waals surface area contributed by atoms with Gasteiger partial charge in [-0.2, -0.15) is 0 Å². The van der Waals surface area contributed by atoms with Crippen molar-refractivity contribution in [3.8, 4) is 0 Å². The zero-order valence-electron chi connectivity index (χ0n) is 11.9. The number of benzene rings is 1. The lowest BCUT2D eigenvalue weighted by Gasteiger charge is -2.22. The SMILES string of the molecule is COCC(O)CN(C)CCC(N)c1cccc(F)c1F. The molecule has 0 bridgehead atoms. The standard InChI is InChI=1S/C14H22F2N2O2/c1-18(8-10(19)9-20-2)7-6-13(17)11-4-3-5-12(15)14(11)16/h3-5,10,13,19H,6-9,17H2,1-2H3. The minimum atomic E-state index is -0.887. The van der Waals surface area contributed by atoms with Crippen LogP contribution in [0.5, 0.6) is 0 Å². The summed E-state index contributed by atoms with van der Waals surface area (Å²) in [6, 6.07) is 3.43. The third-order valence-corrected chi connectivity index (χ3v) is 3.08. The molecule has 0 aromatic heterocycles. The Morgan fingerprint density at radius 3 is 2.75 bits per heavy atom. The fraction of sp³-hybridized carbons (Fsp3) is 0.571. The van der Waals surface area contributed by atoms with Gasteiger partial charge in [-0.1, -0.05) is 12.1 Å². The normalized spacial score (nSPS) is 14.6. The monoisotopic (exact) mass is 288 g/mol. The molecule has 1 aromatic rings. The van der Waals surface area contributed by atoms with Crippen LogP contribution < -0.4 is 5.73 Å². The van der Waals surface area contributed by atoms with Gasteiger partial charge in [-0.25, -0.2) is 8.78 Å². The highest BCUT2D eigenvalue weighted by atomic mass is 19.2. The molecule has 0 fully saturated rings. The topological polar surface area (TPSA) is 58.7 Å². The van der Waals surface area contributed by atoms with Crippen LogP contribution >= 0.6 is 0 Å². The maximum Gasteiger partial charge on any atom is 0.163 e. The summed E-state index contributed by atoms with van der Waals surface area (Å²) >= 11 is 0. The molecule has 2 unspecified atom stereocenters. The zero-order chi connectivity index (χ0) is 15.1. The largest absolute Gasteiger partial charge is 0.389 e. The highest BCUT2D eigenvalue weighted by molar-refractivity contribution is 5.22. The minimum absolute atomic E-state index is 0.177. The van der Waals surface area contributed by atoms with Crippen LogP contribution in [0, 0.1) is 11.6 Å². The number of aliphatic hydroxyl groups is 1. The van der Waals surface area contributed by atoms with Gasteiger partial charge in [0.25, 0.3) is 0 Å². The number of halogens is 2. The Morgan fingerprint density at radius 2 is 2.10 bits per heavy atom. The maximum absolute atomic E-state index is 13.6. The van der Waals surface area contributed by atoms with Crippen LogP contribution in [0.4, 0.5) is 8.78 Å². The molecule has 0 aliphatic carbocycles. The summed E-state index contributed by atoms with van der Waals surface area (Å²) in [6.45, 7) is 1.26. The van der Waals surface area contributed by atoms with Crippen LogP contribution in [0.3, 0.4) is 0 Å². The summed E-state index contributed by atoms with van der Waals surface area (Å²) in [5.74, 6) is -1.77. The van der Waals surface area contributed by atoms with Gasteiger partial charge in [-0.15, -0.1) is 0 Å². The maximum atomic E-state index is 13.6. The molecule has 3 N–H and O–H groups in total. The Morgan fingerprint density at radius 1 is 1.40 bits per heavy atom. The molecule has 114 valence electrons. The second kappa shape index (κ2) is 8.26. The molecule has 20 heavy (non-hydrogen) atoms. The number of hydrogen-bond acceptors (Lipinski definition) is 4. The number of nitrogens with zero attached hydrogens (tertiary/aromatic N) is 1. The van der Waals surface area contributed by atoms with Crippen LogP contribution in [-0.2, 0) is 4.74 Å². The van der Waals surface area contributed by atoms with Gasteiger partial charge in [0.15, 0.2) is 11.6 Å². The molecule has 1 aromatic carbocycles. The van der Waals surface area contributed by atoms with Crippen molar-refractivity contribution in [2.24, 2.45) is 5.73 Å². The molecule has 0 spiro atoms. The molecular weight excluding hydrogens is 266 g/mol. The van der Waals surface area contributed by atoms with E-state index >= 15 is 0 Å². The van der Waals surface area contributed by atoms with Crippen molar-refractivity contribution in [2.45, 2.75) is 18.6 Å². The summed E-state index contributed by atoms with van der Waals surface area (Å²) in [6.07, 6.45) is -0.108. The molecule has 0 aliphatic rings. The molecule has 0 heterocycles. The molecule has 6 heteroatoms. The van der Waals surface area contributed by atoms with Crippen molar-refractivity contribution < 1.29 is 18.6 Å². The lowest BCUT2D eigenvalue weighted by Crippen LogP contribution is -2.33. The summed E-state index contributed by atoms with van der Waals surface area (Å²) in [5.41, 5.74) is 6.06. The Hall–Kier alpha value is -1.08. The molecule has 1 rings (SSSR count). The van der Waals surface area contributed by atoms with E-state index in [0.717, 1.165) is 6.07 Å². The minimum Gasteiger partial charge on any atom is -0.389 e. The quantitative estimate of drug-likeness (QED) is 0.757. The highest BCUT2D eigenvalue weighted by Crippen LogP contribution is 2.20. The first kappa shape index (κ1) is 17.0. The van der Waals surface area contributed by atoms with Crippen LogP contribution in [0.25, 0.3) is 0 Å². The summed E-state index contributed by atoms with van der Waals surface area (Å²) in [5, 5.41) is 9.57. The van der Waals surface area contributed by atoms with E-state index in [4.69, 9.17) is 10.5 Å². The lowest BCUT2D eigenvalue weighted by atomic mass is 10.0. The molecule has 2 atom stereocenters. The lowest BCUT2D eigenvalue weighted by molar-refractivity contribution is 0.0428. The van der Waals surface area contributed by atoms with Crippen LogP contribution in [0.1, 0.15) is 18.0 Å². The van der Waals surface area contributed by atoms with Gasteiger partial charge in [-0.05, 0) is 26.1 Å². The van der Waals surface area contributed by atoms with Crippen molar-refractivity contribution in [2.75, 3.05) is 33.9 Å². The van der Waals surface area contributed by atoms with E-state index in [9.17, 15) is 13.9 Å². The van der Waals surface area contributed by atoms with Crippen LogP contribution in [0.2, 0.25) is 0 Å². The second-order valence-electron chi connectivity index (χ2n) is 4.91. The smallest absolute Gasteiger partial charge is 0.163 e. The Bertz CT molecular complexity index is 418. The highest BCUT2D eigenvalue weighted by Gasteiger charge is 2.16. The van der Waals surface area contributed by atoms with Crippen LogP contribution in [0.15, 0.2) is 18.2 Å². The number of aliphatic hydroxyl groups excluding tert-OH is 1. The number of methoxy groups -OCH3 is 1. The molecule has 0 amide bonds. The third kappa shape index (κ3) is 5.13. The number of hydrogen-bond donors (Lipinski definition) is 2. The van der Waals surface area contributed by atoms with E-state index in [0.29, 0.717) is 19.5 Å². The first-order chi connectivity index (χ1) is 9.45. The van der Waals surface area contributed by atoms with Crippen molar-refractivity contribution in [1.29, 1.82) is 0 Å². The fourth-order valence-corrected chi connectivity index (χ4v) is 2.02. The Labute approximate surface area is 118 Å². The van der Waals surface area contributed by atoms with Gasteiger partial charge < -0.3 is 20.5 Å². The van der Waals surface area contributed by atoms with Gasteiger partial charge in [0.1, 0.15) is 0 Å². The van der Waals surface area contributed by atoms with E-state index in [1.807, 2.05) is 11.9 Å². The molecular formula is C14H22F2N2O2. The van der Waals surface area contributed by atoms with Gasteiger partial charge in [0.05, 0.1) is 12.7 Å². The molecule has 0 saturated carbocycles. The summed E-state index contributed by atoms with van der Waals surface area (Å²) in [4.78, 5) is 1.88. The average Bonchev–Trinajstić information content (AvgIpc) is 2.39. The van der Waals surface area contributed by atoms with Gasteiger partial charge in [-0.3, -0.25) is 0 Å². The first-order valence-corrected chi connectivity index (χ1v) is 6.50. The summed E-state index contributed by atoms with van der Waals surface area (Å²) in [7, 11) is 3.35. The molecule has 0 saturated heterocycles. The van der Waals surface area contributed by atoms with Crippen molar-refractivity contribution in [1.82, 2.24) is 4.90 Å². The third-order valence-electron chi connectivity index (χ3n) is 3.08. The van der Waals surface area contributed by atoms with Gasteiger partial charge in [0, 0.05) is 25.3 Å². The number of likely N-dealkylation sites (N-methyl/N-ethyl adjacent to an activating group) is 1. The predicted octanol–water partition coefficient (Wildman–Crippen LogP) is 1.29. The summed E-state index contributed by atoms with van der Waals surface area (Å²) < 4.78 is 31.5. The number of nitrogens with two attached hydrogens (primary N) is 1. The molecule has 4 nitrogen and oxygen atoms in total. The Balaban J connectivity index is 2.46. The van der Waals surface area contributed by atoms with Crippen molar-refractivity contribution in [3.05, 3.63) is 35.4 Å². The second-order valence-corrected chi connectivity index (χ2v) is 4.91. The van der Waals surface area contributed by atoms with E-state index in [1.54, 1.807) is 0 Å². The van der Waals surface area contributed by atoms with E-state index in [1.165, 1.54) is 19.2 Å². The molecule has 0 radical (unpaired) electrons. The number of rotatable bonds is 8. The first-order valence-electron chi connectivity index (χ1n) is 6.50. The van der Waals surface area contributed by atoms with E-state index in [2.05, 4.69) is 0 Å². The molecule has 0 aliphatic heterocycles. The van der Waals surface area contributed by atoms with E-state index in [-0.39, 0.29) is 12.2 Å². The fourth-order valence-electron chi connectivity index (χ4n) is 2.02. The van der Waals surface area contributed by atoms with Crippen LogP contribution in [-0.4, -0.2) is 50.0 Å². The van der Waals surface area contributed by atoms with Crippen molar-refractivity contribution >= 4 is 0 Å². The predicted molar refractivity (Wildman–Crippen MR) is 73.3 cm³/mol. The average molecular weight is 288 g/mol. The van der Waals surface area contributed by atoms with Gasteiger partial charge in [0.2, 0.25) is 0 Å². The Kier molecular flexibility index (Phi) is 7.01. The number of ether oxygens (including phenoxy) is 1. The zero-order valence-corrected chi connectivity index (χ0v) is 11.9. The van der Waals surface area contributed by atoms with E-state index < -0.39 is 23.8 Å². The van der Waals surface area contributed by atoms with Crippen molar-refractivity contribution in [3.63, 3.8) is 0 Å².